The van der Waals surface area contributed by atoms with Crippen molar-refractivity contribution in [3.8, 4) is 0 Å². The van der Waals surface area contributed by atoms with E-state index < -0.39 is 0 Å². The van der Waals surface area contributed by atoms with E-state index in [1.807, 2.05) is 11.8 Å². The largest absolute Gasteiger partial charge is 0.399 e. The van der Waals surface area contributed by atoms with Gasteiger partial charge in [-0.3, -0.25) is 10.1 Å². The molecule has 0 saturated carbocycles. The van der Waals surface area contributed by atoms with Gasteiger partial charge in [0.05, 0.1) is 4.92 Å². The summed E-state index contributed by atoms with van der Waals surface area (Å²) in [6.07, 6.45) is 3.70. The molecule has 0 amide bonds. The Hall–Kier alpha value is -1.43. The molecule has 18 heavy (non-hydrogen) atoms. The van der Waals surface area contributed by atoms with E-state index >= 15 is 0 Å². The zero-order chi connectivity index (χ0) is 13.0. The smallest absolute Gasteiger partial charge is 0.292 e. The number of thioether (sulfide) groups is 1. The van der Waals surface area contributed by atoms with Gasteiger partial charge in [-0.2, -0.15) is 11.8 Å². The second kappa shape index (κ2) is 5.95. The number of nitro benzene ring substituents is 1. The van der Waals surface area contributed by atoms with Crippen LogP contribution in [0.2, 0.25) is 0 Å². The molecular formula is C12H17N3O2S. The van der Waals surface area contributed by atoms with Crippen LogP contribution in [0.1, 0.15) is 19.3 Å². The van der Waals surface area contributed by atoms with Crippen molar-refractivity contribution in [1.82, 2.24) is 0 Å². The number of nitro groups is 1. The van der Waals surface area contributed by atoms with Crippen molar-refractivity contribution in [2.45, 2.75) is 24.5 Å². The third-order valence-corrected chi connectivity index (χ3v) is 4.41. The molecule has 3 N–H and O–H groups in total. The van der Waals surface area contributed by atoms with Crippen LogP contribution >= 0.6 is 11.8 Å². The van der Waals surface area contributed by atoms with Gasteiger partial charge < -0.3 is 11.1 Å². The van der Waals surface area contributed by atoms with E-state index in [2.05, 4.69) is 5.32 Å². The topological polar surface area (TPSA) is 81.2 Å². The summed E-state index contributed by atoms with van der Waals surface area (Å²) in [6, 6.07) is 4.63. The zero-order valence-corrected chi connectivity index (χ0v) is 10.9. The van der Waals surface area contributed by atoms with Crippen molar-refractivity contribution < 1.29 is 4.92 Å². The van der Waals surface area contributed by atoms with Gasteiger partial charge in [0, 0.05) is 23.5 Å². The monoisotopic (exact) mass is 267 g/mol. The minimum atomic E-state index is -0.379. The Morgan fingerprint density at radius 1 is 1.50 bits per heavy atom. The van der Waals surface area contributed by atoms with Crippen LogP contribution < -0.4 is 11.1 Å². The summed E-state index contributed by atoms with van der Waals surface area (Å²) in [4.78, 5) is 10.5. The molecule has 1 aliphatic rings. The predicted molar refractivity (Wildman–Crippen MR) is 76.1 cm³/mol. The Labute approximate surface area is 110 Å². The first kappa shape index (κ1) is 13.0. The lowest BCUT2D eigenvalue weighted by Crippen LogP contribution is -2.20. The van der Waals surface area contributed by atoms with E-state index in [0.29, 0.717) is 16.6 Å². The highest BCUT2D eigenvalue weighted by molar-refractivity contribution is 7.99. The highest BCUT2D eigenvalue weighted by Gasteiger charge is 2.17. The molecule has 0 bridgehead atoms. The second-order valence-electron chi connectivity index (χ2n) is 4.40. The Kier molecular flexibility index (Phi) is 4.30. The number of hydrogen-bond donors (Lipinski definition) is 2. The van der Waals surface area contributed by atoms with Gasteiger partial charge in [0.15, 0.2) is 0 Å². The van der Waals surface area contributed by atoms with Crippen LogP contribution in [0, 0.1) is 10.1 Å². The molecule has 0 spiro atoms. The van der Waals surface area contributed by atoms with Crippen LogP contribution in [-0.4, -0.2) is 22.5 Å². The number of nitrogens with zero attached hydrogens (tertiary/aromatic N) is 1. The fraction of sp³-hybridized carbons (Fsp3) is 0.500. The van der Waals surface area contributed by atoms with E-state index in [1.165, 1.54) is 31.1 Å². The Morgan fingerprint density at radius 3 is 3.00 bits per heavy atom. The highest BCUT2D eigenvalue weighted by Crippen LogP contribution is 2.29. The molecule has 0 aromatic heterocycles. The van der Waals surface area contributed by atoms with E-state index in [1.54, 1.807) is 12.1 Å². The Balaban J connectivity index is 2.03. The Bertz CT molecular complexity index is 433. The third-order valence-electron chi connectivity index (χ3n) is 3.01. The van der Waals surface area contributed by atoms with Crippen molar-refractivity contribution >= 4 is 28.8 Å². The van der Waals surface area contributed by atoms with Crippen molar-refractivity contribution in [1.29, 1.82) is 0 Å². The van der Waals surface area contributed by atoms with Crippen LogP contribution in [0.5, 0.6) is 0 Å². The van der Waals surface area contributed by atoms with Crippen LogP contribution in [0.4, 0.5) is 17.1 Å². The van der Waals surface area contributed by atoms with Gasteiger partial charge in [-0.1, -0.05) is 6.42 Å². The number of rotatable bonds is 4. The number of anilines is 2. The molecule has 1 aliphatic heterocycles. The number of benzene rings is 1. The molecule has 0 unspecified atom stereocenters. The van der Waals surface area contributed by atoms with Crippen LogP contribution in [-0.2, 0) is 0 Å². The maximum absolute atomic E-state index is 10.9. The summed E-state index contributed by atoms with van der Waals surface area (Å²) in [6.45, 7) is 0.759. The Morgan fingerprint density at radius 2 is 2.33 bits per heavy atom. The molecule has 1 aromatic carbocycles. The van der Waals surface area contributed by atoms with Crippen molar-refractivity contribution in [3.05, 3.63) is 28.3 Å². The minimum absolute atomic E-state index is 0.0880. The normalized spacial score (nSPS) is 19.4. The summed E-state index contributed by atoms with van der Waals surface area (Å²) in [5, 5.41) is 14.6. The third kappa shape index (κ3) is 3.29. The summed E-state index contributed by atoms with van der Waals surface area (Å²) < 4.78 is 0. The standard InChI is InChI=1S/C12H17N3O2S/c13-9-4-5-12(15(16)17)11(7-9)14-8-10-3-1-2-6-18-10/h4-5,7,10,14H,1-3,6,8,13H2/t10-/m0/s1. The quantitative estimate of drug-likeness (QED) is 0.498. The molecular weight excluding hydrogens is 250 g/mol. The lowest BCUT2D eigenvalue weighted by atomic mass is 10.2. The van der Waals surface area contributed by atoms with Crippen LogP contribution in [0.15, 0.2) is 18.2 Å². The molecule has 1 heterocycles. The summed E-state index contributed by atoms with van der Waals surface area (Å²) in [7, 11) is 0. The zero-order valence-electron chi connectivity index (χ0n) is 10.1. The molecule has 1 aromatic rings. The van der Waals surface area contributed by atoms with Gasteiger partial charge in [0.2, 0.25) is 0 Å². The van der Waals surface area contributed by atoms with Gasteiger partial charge in [-0.15, -0.1) is 0 Å². The molecule has 0 radical (unpaired) electrons. The van der Waals surface area contributed by atoms with Gasteiger partial charge in [0.1, 0.15) is 5.69 Å². The number of hydrogen-bond acceptors (Lipinski definition) is 5. The average molecular weight is 267 g/mol. The second-order valence-corrected chi connectivity index (χ2v) is 5.81. The molecule has 6 heteroatoms. The maximum atomic E-state index is 10.9. The minimum Gasteiger partial charge on any atom is -0.399 e. The summed E-state index contributed by atoms with van der Waals surface area (Å²) >= 11 is 1.94. The first-order chi connectivity index (χ1) is 8.66. The molecule has 0 aliphatic carbocycles. The lowest BCUT2D eigenvalue weighted by molar-refractivity contribution is -0.383. The average Bonchev–Trinajstić information content (AvgIpc) is 2.37. The molecule has 5 nitrogen and oxygen atoms in total. The lowest BCUT2D eigenvalue weighted by Gasteiger charge is -2.21. The molecule has 1 saturated heterocycles. The SMILES string of the molecule is Nc1ccc([N+](=O)[O-])c(NC[C@@H]2CCCCS2)c1. The maximum Gasteiger partial charge on any atom is 0.292 e. The van der Waals surface area contributed by atoms with Crippen molar-refractivity contribution in [3.63, 3.8) is 0 Å². The summed E-state index contributed by atoms with van der Waals surface area (Å²) in [5.74, 6) is 1.19. The fourth-order valence-corrected chi connectivity index (χ4v) is 3.29. The molecule has 2 rings (SSSR count). The van der Waals surface area contributed by atoms with Gasteiger partial charge >= 0.3 is 0 Å². The molecule has 98 valence electrons. The van der Waals surface area contributed by atoms with E-state index in [9.17, 15) is 10.1 Å². The van der Waals surface area contributed by atoms with Gasteiger partial charge in [-0.05, 0) is 30.7 Å². The predicted octanol–water partition coefficient (Wildman–Crippen LogP) is 2.87. The summed E-state index contributed by atoms with van der Waals surface area (Å²) in [5.41, 5.74) is 6.82. The molecule has 1 atom stereocenters. The van der Waals surface area contributed by atoms with Gasteiger partial charge in [0.25, 0.3) is 5.69 Å². The van der Waals surface area contributed by atoms with E-state index in [0.717, 1.165) is 6.54 Å². The highest BCUT2D eigenvalue weighted by atomic mass is 32.2. The number of nitrogens with two attached hydrogens (primary N) is 1. The number of nitrogen functional groups attached to an aromatic ring is 1. The fourth-order valence-electron chi connectivity index (χ4n) is 2.05. The molecule has 1 fully saturated rings. The van der Waals surface area contributed by atoms with Gasteiger partial charge in [-0.25, -0.2) is 0 Å². The number of nitrogens with one attached hydrogen (secondary N) is 1. The van der Waals surface area contributed by atoms with Crippen molar-refractivity contribution in [2.24, 2.45) is 0 Å². The van der Waals surface area contributed by atoms with Crippen LogP contribution in [0.3, 0.4) is 0 Å². The van der Waals surface area contributed by atoms with E-state index in [-0.39, 0.29) is 10.6 Å². The van der Waals surface area contributed by atoms with Crippen molar-refractivity contribution in [2.75, 3.05) is 23.3 Å². The van der Waals surface area contributed by atoms with E-state index in [4.69, 9.17) is 5.73 Å². The first-order valence-corrected chi connectivity index (χ1v) is 7.11. The van der Waals surface area contributed by atoms with Crippen LogP contribution in [0.25, 0.3) is 0 Å². The first-order valence-electron chi connectivity index (χ1n) is 6.06.